The molecule has 1 N–H and O–H groups in total. The molecule has 0 aromatic heterocycles. The highest BCUT2D eigenvalue weighted by atomic mass is 32.2. The number of aliphatic carboxylic acids is 1. The summed E-state index contributed by atoms with van der Waals surface area (Å²) < 4.78 is 28.4. The second kappa shape index (κ2) is 7.79. The van der Waals surface area contributed by atoms with Gasteiger partial charge in [0.05, 0.1) is 5.69 Å². The van der Waals surface area contributed by atoms with Gasteiger partial charge in [-0.2, -0.15) is 12.7 Å². The fourth-order valence-corrected chi connectivity index (χ4v) is 4.18. The summed E-state index contributed by atoms with van der Waals surface area (Å²) in [5.74, 6) is -0.860. The third-order valence-corrected chi connectivity index (χ3v) is 6.06. The van der Waals surface area contributed by atoms with Crippen LogP contribution in [0.25, 0.3) is 0 Å². The number of nitrogens with zero attached hydrogens (tertiary/aromatic N) is 2. The first kappa shape index (κ1) is 17.7. The summed E-state index contributed by atoms with van der Waals surface area (Å²) in [6.45, 7) is 1.12. The molecule has 1 aliphatic rings. The molecule has 1 fully saturated rings. The molecule has 23 heavy (non-hydrogen) atoms. The normalized spacial score (nSPS) is 16.7. The zero-order chi connectivity index (χ0) is 16.9. The monoisotopic (exact) mass is 340 g/mol. The molecule has 1 aliphatic heterocycles. The maximum absolute atomic E-state index is 12.8. The quantitative estimate of drug-likeness (QED) is 0.861. The van der Waals surface area contributed by atoms with Gasteiger partial charge in [-0.25, -0.2) is 0 Å². The van der Waals surface area contributed by atoms with E-state index in [2.05, 4.69) is 0 Å². The number of carboxylic acids is 1. The number of aryl methyl sites for hydroxylation is 1. The summed E-state index contributed by atoms with van der Waals surface area (Å²) in [5.41, 5.74) is 1.39. The van der Waals surface area contributed by atoms with Crippen molar-refractivity contribution in [1.82, 2.24) is 4.31 Å². The highest BCUT2D eigenvalue weighted by Crippen LogP contribution is 2.22. The Labute approximate surface area is 137 Å². The standard InChI is InChI=1S/C16H24N2O4S/c1-17(23(21,22)18-11-4-2-3-5-12-18)15-8-6-7-14(13-15)9-10-16(19)20/h6-8,13H,2-5,9-12H2,1H3,(H,19,20). The lowest BCUT2D eigenvalue weighted by Gasteiger charge is -2.28. The molecule has 0 aliphatic carbocycles. The summed E-state index contributed by atoms with van der Waals surface area (Å²) in [5, 5.41) is 8.77. The predicted octanol–water partition coefficient (Wildman–Crippen LogP) is 2.26. The Kier molecular flexibility index (Phi) is 6.01. The van der Waals surface area contributed by atoms with Crippen molar-refractivity contribution in [2.75, 3.05) is 24.4 Å². The molecule has 1 aromatic rings. The van der Waals surface area contributed by atoms with Crippen LogP contribution in [0.3, 0.4) is 0 Å². The highest BCUT2D eigenvalue weighted by molar-refractivity contribution is 7.90. The third-order valence-electron chi connectivity index (χ3n) is 4.14. The van der Waals surface area contributed by atoms with Gasteiger partial charge in [-0.1, -0.05) is 25.0 Å². The van der Waals surface area contributed by atoms with Crippen molar-refractivity contribution in [3.63, 3.8) is 0 Å². The molecule has 2 rings (SSSR count). The Hall–Kier alpha value is -1.60. The van der Waals surface area contributed by atoms with Crippen LogP contribution in [0.2, 0.25) is 0 Å². The topological polar surface area (TPSA) is 77.9 Å². The van der Waals surface area contributed by atoms with Gasteiger partial charge >= 0.3 is 16.2 Å². The fraction of sp³-hybridized carbons (Fsp3) is 0.562. The van der Waals surface area contributed by atoms with Crippen molar-refractivity contribution in [3.05, 3.63) is 29.8 Å². The number of hydrogen-bond donors (Lipinski definition) is 1. The molecule has 1 saturated heterocycles. The number of anilines is 1. The van der Waals surface area contributed by atoms with Gasteiger partial charge in [0.15, 0.2) is 0 Å². The van der Waals surface area contributed by atoms with Gasteiger partial charge in [0.25, 0.3) is 0 Å². The summed E-state index contributed by atoms with van der Waals surface area (Å²) >= 11 is 0. The molecule has 0 amide bonds. The van der Waals surface area contributed by atoms with Gasteiger partial charge in [-0.3, -0.25) is 9.10 Å². The third kappa shape index (κ3) is 4.68. The SMILES string of the molecule is CN(c1cccc(CCC(=O)O)c1)S(=O)(=O)N1CCCCCC1. The largest absolute Gasteiger partial charge is 0.481 e. The maximum Gasteiger partial charge on any atom is 0.303 e. The molecule has 0 radical (unpaired) electrons. The summed E-state index contributed by atoms with van der Waals surface area (Å²) in [7, 11) is -1.98. The van der Waals surface area contributed by atoms with Crippen molar-refractivity contribution in [3.8, 4) is 0 Å². The minimum atomic E-state index is -3.54. The van der Waals surface area contributed by atoms with E-state index in [1.807, 2.05) is 6.07 Å². The number of hydrogen-bond acceptors (Lipinski definition) is 3. The van der Waals surface area contributed by atoms with Gasteiger partial charge < -0.3 is 5.11 Å². The second-order valence-corrected chi connectivity index (χ2v) is 7.81. The Bertz CT molecular complexity index is 637. The summed E-state index contributed by atoms with van der Waals surface area (Å²) in [6.07, 6.45) is 4.35. The van der Waals surface area contributed by atoms with Gasteiger partial charge in [-0.05, 0) is 37.0 Å². The van der Waals surface area contributed by atoms with Crippen LogP contribution < -0.4 is 4.31 Å². The zero-order valence-corrected chi connectivity index (χ0v) is 14.3. The maximum atomic E-state index is 12.8. The van der Waals surface area contributed by atoms with Crippen LogP contribution in [0.1, 0.15) is 37.7 Å². The molecule has 128 valence electrons. The summed E-state index contributed by atoms with van der Waals surface area (Å²) in [4.78, 5) is 10.7. The molecule has 0 atom stereocenters. The van der Waals surface area contributed by atoms with Crippen LogP contribution in [0.4, 0.5) is 5.69 Å². The number of carboxylic acid groups (broad SMARTS) is 1. The van der Waals surface area contributed by atoms with E-state index >= 15 is 0 Å². The van der Waals surface area contributed by atoms with E-state index in [0.29, 0.717) is 25.2 Å². The molecular weight excluding hydrogens is 316 g/mol. The van der Waals surface area contributed by atoms with Crippen LogP contribution in [0, 0.1) is 0 Å². The van der Waals surface area contributed by atoms with E-state index in [-0.39, 0.29) is 6.42 Å². The van der Waals surface area contributed by atoms with Gasteiger partial charge in [0.1, 0.15) is 0 Å². The van der Waals surface area contributed by atoms with Crippen molar-refractivity contribution >= 4 is 21.9 Å². The molecule has 7 heteroatoms. The predicted molar refractivity (Wildman–Crippen MR) is 89.8 cm³/mol. The minimum absolute atomic E-state index is 0.0338. The molecule has 1 aromatic carbocycles. The van der Waals surface area contributed by atoms with E-state index in [1.165, 1.54) is 4.31 Å². The van der Waals surface area contributed by atoms with E-state index in [4.69, 9.17) is 5.11 Å². The minimum Gasteiger partial charge on any atom is -0.481 e. The Morgan fingerprint density at radius 3 is 2.48 bits per heavy atom. The van der Waals surface area contributed by atoms with E-state index in [1.54, 1.807) is 29.6 Å². The second-order valence-electron chi connectivity index (χ2n) is 5.85. The lowest BCUT2D eigenvalue weighted by Crippen LogP contribution is -2.42. The molecule has 0 bridgehead atoms. The van der Waals surface area contributed by atoms with Crippen LogP contribution in [0.15, 0.2) is 24.3 Å². The highest BCUT2D eigenvalue weighted by Gasteiger charge is 2.27. The van der Waals surface area contributed by atoms with Crippen LogP contribution >= 0.6 is 0 Å². The fourth-order valence-electron chi connectivity index (χ4n) is 2.74. The molecule has 0 spiro atoms. The molecule has 6 nitrogen and oxygen atoms in total. The first-order valence-electron chi connectivity index (χ1n) is 7.96. The zero-order valence-electron chi connectivity index (χ0n) is 13.4. The molecule has 0 saturated carbocycles. The molecule has 0 unspecified atom stereocenters. The number of rotatable bonds is 6. The first-order chi connectivity index (χ1) is 10.9. The van der Waals surface area contributed by atoms with Crippen molar-refractivity contribution < 1.29 is 18.3 Å². The average Bonchev–Trinajstić information content (AvgIpc) is 2.82. The molecular formula is C16H24N2O4S. The van der Waals surface area contributed by atoms with E-state index in [0.717, 1.165) is 31.2 Å². The Morgan fingerprint density at radius 1 is 1.22 bits per heavy atom. The van der Waals surface area contributed by atoms with Gasteiger partial charge in [0, 0.05) is 26.6 Å². The number of benzene rings is 1. The smallest absolute Gasteiger partial charge is 0.303 e. The lowest BCUT2D eigenvalue weighted by molar-refractivity contribution is -0.136. The van der Waals surface area contributed by atoms with E-state index in [9.17, 15) is 13.2 Å². The summed E-state index contributed by atoms with van der Waals surface area (Å²) in [6, 6.07) is 7.07. The average molecular weight is 340 g/mol. The number of carbonyl (C=O) groups is 1. The van der Waals surface area contributed by atoms with Crippen molar-refractivity contribution in [1.29, 1.82) is 0 Å². The molecule has 1 heterocycles. The van der Waals surface area contributed by atoms with Gasteiger partial charge in [0.2, 0.25) is 0 Å². The Morgan fingerprint density at radius 2 is 1.87 bits per heavy atom. The van der Waals surface area contributed by atoms with Crippen molar-refractivity contribution in [2.24, 2.45) is 0 Å². The van der Waals surface area contributed by atoms with Crippen LogP contribution in [-0.2, 0) is 21.4 Å². The van der Waals surface area contributed by atoms with Crippen molar-refractivity contribution in [2.45, 2.75) is 38.5 Å². The first-order valence-corrected chi connectivity index (χ1v) is 9.35. The van der Waals surface area contributed by atoms with Crippen LogP contribution in [-0.4, -0.2) is 43.9 Å². The lowest BCUT2D eigenvalue weighted by atomic mass is 10.1. The van der Waals surface area contributed by atoms with Gasteiger partial charge in [-0.15, -0.1) is 0 Å². The van der Waals surface area contributed by atoms with E-state index < -0.39 is 16.2 Å². The Balaban J connectivity index is 2.16. The van der Waals surface area contributed by atoms with Crippen LogP contribution in [0.5, 0.6) is 0 Å².